The molecule has 8 heteroatoms. The molecule has 0 atom stereocenters. The summed E-state index contributed by atoms with van der Waals surface area (Å²) >= 11 is 0. The average Bonchev–Trinajstić information content (AvgIpc) is 3.04. The number of aliphatic hydroxyl groups excluding tert-OH is 1. The smallest absolute Gasteiger partial charge is 0.303 e. The van der Waals surface area contributed by atoms with Gasteiger partial charge in [0.1, 0.15) is 5.75 Å². The summed E-state index contributed by atoms with van der Waals surface area (Å²) in [6.07, 6.45) is 7.24. The lowest BCUT2D eigenvalue weighted by molar-refractivity contribution is -0.137. The number of fused-ring (bicyclic) bond motifs is 1. The second kappa shape index (κ2) is 9.85. The molecule has 0 spiro atoms. The van der Waals surface area contributed by atoms with Crippen LogP contribution in [0.1, 0.15) is 63.1 Å². The van der Waals surface area contributed by atoms with Crippen LogP contribution in [0.3, 0.4) is 0 Å². The molecule has 0 aliphatic heterocycles. The van der Waals surface area contributed by atoms with Gasteiger partial charge in [0, 0.05) is 24.2 Å². The molecule has 2 aromatic rings. The number of rotatable bonds is 9. The number of ether oxygens (including phenoxy) is 1. The predicted molar refractivity (Wildman–Crippen MR) is 116 cm³/mol. The van der Waals surface area contributed by atoms with Crippen molar-refractivity contribution in [1.29, 1.82) is 0 Å². The van der Waals surface area contributed by atoms with E-state index in [9.17, 15) is 19.5 Å². The van der Waals surface area contributed by atoms with E-state index in [1.54, 1.807) is 10.5 Å². The van der Waals surface area contributed by atoms with E-state index in [0.29, 0.717) is 30.7 Å². The van der Waals surface area contributed by atoms with Crippen LogP contribution < -0.4 is 21.2 Å². The molecule has 0 bridgehead atoms. The van der Waals surface area contributed by atoms with Crippen LogP contribution in [-0.2, 0) is 22.4 Å². The molecule has 168 valence electrons. The molecule has 1 fully saturated rings. The molecule has 0 radical (unpaired) electrons. The van der Waals surface area contributed by atoms with Crippen LogP contribution in [-0.4, -0.2) is 33.1 Å². The fourth-order valence-electron chi connectivity index (χ4n) is 4.59. The third kappa shape index (κ3) is 5.00. The minimum absolute atomic E-state index is 0.0371. The molecule has 2 heterocycles. The minimum Gasteiger partial charge on any atom is -0.503 e. The van der Waals surface area contributed by atoms with E-state index in [-0.39, 0.29) is 29.6 Å². The van der Waals surface area contributed by atoms with Crippen LogP contribution >= 0.6 is 0 Å². The number of carbonyl (C=O) groups excluding carboxylic acids is 1. The highest BCUT2D eigenvalue weighted by atomic mass is 16.5. The molecule has 0 aromatic carbocycles. The summed E-state index contributed by atoms with van der Waals surface area (Å²) < 4.78 is 7.15. The molecule has 0 saturated heterocycles. The SMILES string of the molecule is CCc1c(CC2CCCCC2)n2c(=O)cc(OCCCC(=O)O)cc2c1=C(O)C(N)=O. The Balaban J connectivity index is 2.12. The number of hydrogen-bond donors (Lipinski definition) is 3. The first-order valence-corrected chi connectivity index (χ1v) is 10.9. The minimum atomic E-state index is -0.952. The van der Waals surface area contributed by atoms with Gasteiger partial charge in [0.2, 0.25) is 0 Å². The number of carboxylic acid groups (broad SMARTS) is 1. The standard InChI is InChI=1S/C23H30N2O6/c1-2-16-17(11-14-7-4-3-5-8-14)25-18(21(16)22(29)23(24)30)12-15(13-19(25)26)31-10-6-9-20(27)28/h12-14,29H,2-11H2,1H3,(H2,24,30)(H,27,28). The number of pyridine rings is 1. The van der Waals surface area contributed by atoms with Crippen molar-refractivity contribution >= 4 is 23.2 Å². The summed E-state index contributed by atoms with van der Waals surface area (Å²) in [7, 11) is 0. The van der Waals surface area contributed by atoms with Gasteiger partial charge in [0.05, 0.1) is 17.3 Å². The molecule has 2 aromatic heterocycles. The molecule has 1 amide bonds. The fourth-order valence-corrected chi connectivity index (χ4v) is 4.59. The molecule has 8 nitrogen and oxygen atoms in total. The van der Waals surface area contributed by atoms with Gasteiger partial charge in [-0.15, -0.1) is 0 Å². The van der Waals surface area contributed by atoms with Gasteiger partial charge >= 0.3 is 5.97 Å². The molecule has 3 rings (SSSR count). The van der Waals surface area contributed by atoms with E-state index in [1.165, 1.54) is 25.3 Å². The van der Waals surface area contributed by atoms with Crippen molar-refractivity contribution in [1.82, 2.24) is 4.40 Å². The summed E-state index contributed by atoms with van der Waals surface area (Å²) in [4.78, 5) is 35.6. The fraction of sp³-hybridized carbons (Fsp3) is 0.522. The van der Waals surface area contributed by atoms with E-state index in [0.717, 1.165) is 24.1 Å². The molecule has 1 aliphatic carbocycles. The largest absolute Gasteiger partial charge is 0.503 e. The Kier molecular flexibility index (Phi) is 7.20. The summed E-state index contributed by atoms with van der Waals surface area (Å²) in [5.41, 5.74) is 7.02. The van der Waals surface area contributed by atoms with Crippen molar-refractivity contribution in [3.63, 3.8) is 0 Å². The Hall–Kier alpha value is -3.03. The topological polar surface area (TPSA) is 131 Å². The number of primary amides is 1. The first-order valence-electron chi connectivity index (χ1n) is 10.9. The van der Waals surface area contributed by atoms with Gasteiger partial charge in [0.15, 0.2) is 5.76 Å². The van der Waals surface area contributed by atoms with E-state index in [4.69, 9.17) is 15.6 Å². The van der Waals surface area contributed by atoms with Gasteiger partial charge in [-0.05, 0) is 30.7 Å². The van der Waals surface area contributed by atoms with Crippen molar-refractivity contribution in [3.05, 3.63) is 39.0 Å². The first kappa shape index (κ1) is 22.7. The second-order valence-corrected chi connectivity index (χ2v) is 8.17. The number of aromatic nitrogens is 1. The zero-order chi connectivity index (χ0) is 22.5. The van der Waals surface area contributed by atoms with Crippen LogP contribution in [0, 0.1) is 5.92 Å². The third-order valence-electron chi connectivity index (χ3n) is 6.02. The molecule has 1 aliphatic rings. The van der Waals surface area contributed by atoms with E-state index >= 15 is 0 Å². The Morgan fingerprint density at radius 2 is 1.90 bits per heavy atom. The van der Waals surface area contributed by atoms with Crippen LogP contribution in [0.4, 0.5) is 0 Å². The maximum absolute atomic E-state index is 13.1. The zero-order valence-corrected chi connectivity index (χ0v) is 17.9. The quantitative estimate of drug-likeness (QED) is 0.522. The van der Waals surface area contributed by atoms with Crippen LogP contribution in [0.5, 0.6) is 5.75 Å². The van der Waals surface area contributed by atoms with Crippen LogP contribution in [0.25, 0.3) is 11.3 Å². The number of amides is 1. The van der Waals surface area contributed by atoms with Crippen molar-refractivity contribution in [3.8, 4) is 5.75 Å². The van der Waals surface area contributed by atoms with E-state index in [2.05, 4.69) is 0 Å². The molecule has 1 saturated carbocycles. The summed E-state index contributed by atoms with van der Waals surface area (Å²) in [6, 6.07) is 2.98. The second-order valence-electron chi connectivity index (χ2n) is 8.17. The zero-order valence-electron chi connectivity index (χ0n) is 17.9. The maximum Gasteiger partial charge on any atom is 0.303 e. The number of hydrogen-bond acceptors (Lipinski definition) is 5. The number of aliphatic hydroxyl groups is 1. The molecule has 31 heavy (non-hydrogen) atoms. The Morgan fingerprint density at radius 3 is 2.52 bits per heavy atom. The molecular formula is C23H30N2O6. The number of aliphatic carboxylic acids is 1. The highest BCUT2D eigenvalue weighted by molar-refractivity contribution is 6.09. The Bertz CT molecular complexity index is 1080. The average molecular weight is 431 g/mol. The van der Waals surface area contributed by atoms with Gasteiger partial charge in [-0.2, -0.15) is 0 Å². The Morgan fingerprint density at radius 1 is 1.19 bits per heavy atom. The van der Waals surface area contributed by atoms with Gasteiger partial charge in [-0.1, -0.05) is 39.0 Å². The summed E-state index contributed by atoms with van der Waals surface area (Å²) in [5, 5.41) is 19.5. The molecule has 0 unspecified atom stereocenters. The normalized spacial score (nSPS) is 15.8. The van der Waals surface area contributed by atoms with Crippen molar-refractivity contribution in [2.24, 2.45) is 11.7 Å². The van der Waals surface area contributed by atoms with Crippen molar-refractivity contribution < 1.29 is 24.5 Å². The van der Waals surface area contributed by atoms with Gasteiger partial charge in [-0.3, -0.25) is 18.8 Å². The van der Waals surface area contributed by atoms with Gasteiger partial charge in [0.25, 0.3) is 11.5 Å². The number of carbonyl (C=O) groups is 2. The predicted octanol–water partition coefficient (Wildman–Crippen LogP) is 2.10. The van der Waals surface area contributed by atoms with Crippen molar-refractivity contribution in [2.75, 3.05) is 6.61 Å². The van der Waals surface area contributed by atoms with Gasteiger partial charge in [-0.25, -0.2) is 0 Å². The van der Waals surface area contributed by atoms with E-state index < -0.39 is 17.6 Å². The lowest BCUT2D eigenvalue weighted by atomic mass is 9.85. The number of nitrogens with two attached hydrogens (primary N) is 1. The van der Waals surface area contributed by atoms with Gasteiger partial charge < -0.3 is 20.7 Å². The molecule has 4 N–H and O–H groups in total. The van der Waals surface area contributed by atoms with E-state index in [1.807, 2.05) is 6.92 Å². The van der Waals surface area contributed by atoms with Crippen LogP contribution in [0.15, 0.2) is 16.9 Å². The molecular weight excluding hydrogens is 400 g/mol. The Labute approximate surface area is 180 Å². The monoisotopic (exact) mass is 430 g/mol. The lowest BCUT2D eigenvalue weighted by Crippen LogP contribution is -2.23. The first-order chi connectivity index (χ1) is 14.8. The highest BCUT2D eigenvalue weighted by Gasteiger charge is 2.23. The number of carboxylic acids is 1. The summed E-state index contributed by atoms with van der Waals surface area (Å²) in [6.45, 7) is 2.06. The van der Waals surface area contributed by atoms with Crippen molar-refractivity contribution in [2.45, 2.75) is 64.7 Å². The van der Waals surface area contributed by atoms with Crippen LogP contribution in [0.2, 0.25) is 0 Å². The maximum atomic E-state index is 13.1. The number of nitrogens with zero attached hydrogens (tertiary/aromatic N) is 1. The highest BCUT2D eigenvalue weighted by Crippen LogP contribution is 2.28. The third-order valence-corrected chi connectivity index (χ3v) is 6.02. The lowest BCUT2D eigenvalue weighted by Gasteiger charge is -2.22. The summed E-state index contributed by atoms with van der Waals surface area (Å²) in [5.74, 6) is -1.71.